The van der Waals surface area contributed by atoms with E-state index >= 15 is 0 Å². The molecule has 80 valence electrons. The molecule has 0 aromatic carbocycles. The first-order valence-corrected chi connectivity index (χ1v) is 5.33. The van der Waals surface area contributed by atoms with Crippen molar-refractivity contribution in [2.45, 2.75) is 46.0 Å². The summed E-state index contributed by atoms with van der Waals surface area (Å²) < 4.78 is 4.83. The van der Waals surface area contributed by atoms with Crippen LogP contribution in [0, 0.1) is 0 Å². The summed E-state index contributed by atoms with van der Waals surface area (Å²) in [6, 6.07) is 0. The highest BCUT2D eigenvalue weighted by Crippen LogP contribution is 1.96. The van der Waals surface area contributed by atoms with Gasteiger partial charge in [0.1, 0.15) is 0 Å². The Bertz CT molecular complexity index is 192. The first-order valence-electron chi connectivity index (χ1n) is 5.33. The molecule has 0 aromatic rings. The molecule has 0 aliphatic rings. The van der Waals surface area contributed by atoms with E-state index in [-0.39, 0.29) is 5.97 Å². The van der Waals surface area contributed by atoms with Crippen molar-refractivity contribution < 1.29 is 9.53 Å². The van der Waals surface area contributed by atoms with Gasteiger partial charge in [0.2, 0.25) is 0 Å². The lowest BCUT2D eigenvalue weighted by molar-refractivity contribution is -0.132. The van der Waals surface area contributed by atoms with Crippen LogP contribution in [0.2, 0.25) is 0 Å². The summed E-state index contributed by atoms with van der Waals surface area (Å²) in [7, 11) is 0. The van der Waals surface area contributed by atoms with E-state index in [1.54, 1.807) is 0 Å². The molecule has 0 unspecified atom stereocenters. The quantitative estimate of drug-likeness (QED) is 0.269. The van der Waals surface area contributed by atoms with Crippen molar-refractivity contribution in [1.29, 1.82) is 0 Å². The van der Waals surface area contributed by atoms with Gasteiger partial charge < -0.3 is 4.74 Å². The third-order valence-electron chi connectivity index (χ3n) is 1.71. The van der Waals surface area contributed by atoms with Crippen LogP contribution < -0.4 is 0 Å². The maximum absolute atomic E-state index is 11.0. The summed E-state index contributed by atoms with van der Waals surface area (Å²) in [5.74, 6) is -0.286. The van der Waals surface area contributed by atoms with Crippen LogP contribution in [0.5, 0.6) is 0 Å². The number of unbranched alkanes of at least 4 members (excludes halogenated alkanes) is 3. The van der Waals surface area contributed by atoms with Gasteiger partial charge in [0.15, 0.2) is 0 Å². The average molecular weight is 196 g/mol. The third-order valence-corrected chi connectivity index (χ3v) is 1.71. The first kappa shape index (κ1) is 12.9. The number of hydrogen-bond donors (Lipinski definition) is 0. The Hall–Kier alpha value is -1.05. The molecule has 2 nitrogen and oxygen atoms in total. The van der Waals surface area contributed by atoms with E-state index in [2.05, 4.69) is 13.8 Å². The van der Waals surface area contributed by atoms with Crippen molar-refractivity contribution in [3.05, 3.63) is 24.5 Å². The van der Waals surface area contributed by atoms with Gasteiger partial charge in [-0.3, -0.25) is 0 Å². The zero-order valence-corrected chi connectivity index (χ0v) is 9.16. The second-order valence-electron chi connectivity index (χ2n) is 3.14. The number of allylic oxidation sites excluding steroid dienone is 2. The lowest BCUT2D eigenvalue weighted by atomic mass is 10.2. The molecule has 2 heteroatoms. The zero-order valence-electron chi connectivity index (χ0n) is 9.16. The molecular formula is C12H20O2. The Morgan fingerprint density at radius 3 is 2.57 bits per heavy atom. The van der Waals surface area contributed by atoms with Gasteiger partial charge in [-0.05, 0) is 25.3 Å². The number of esters is 1. The highest BCUT2D eigenvalue weighted by molar-refractivity contribution is 5.82. The predicted molar refractivity (Wildman–Crippen MR) is 58.8 cm³/mol. The normalized spacial score (nSPS) is 11.3. The number of carbonyl (C=O) groups excluding carboxylic acids is 1. The average Bonchev–Trinajstić information content (AvgIpc) is 2.18. The Labute approximate surface area is 86.6 Å². The van der Waals surface area contributed by atoms with Crippen molar-refractivity contribution in [2.75, 3.05) is 0 Å². The number of rotatable bonds is 7. The highest BCUT2D eigenvalue weighted by Gasteiger charge is 1.90. The van der Waals surface area contributed by atoms with Crippen molar-refractivity contribution in [1.82, 2.24) is 0 Å². The van der Waals surface area contributed by atoms with Crippen LogP contribution in [0.25, 0.3) is 0 Å². The second-order valence-corrected chi connectivity index (χ2v) is 3.14. The smallest absolute Gasteiger partial charge is 0.335 e. The van der Waals surface area contributed by atoms with Crippen molar-refractivity contribution >= 4 is 5.97 Å². The topological polar surface area (TPSA) is 26.3 Å². The summed E-state index contributed by atoms with van der Waals surface area (Å²) in [6.07, 6.45) is 11.9. The Balaban J connectivity index is 3.47. The maximum Gasteiger partial charge on any atom is 0.335 e. The van der Waals surface area contributed by atoms with Gasteiger partial charge in [-0.1, -0.05) is 32.8 Å². The molecule has 0 heterocycles. The molecule has 14 heavy (non-hydrogen) atoms. The number of ether oxygens (including phenoxy) is 1. The molecule has 0 spiro atoms. The van der Waals surface area contributed by atoms with Crippen molar-refractivity contribution in [3.63, 3.8) is 0 Å². The molecule has 0 amide bonds. The SMILES string of the molecule is CCC/C=C/C(=O)OC=CCCCC. The highest BCUT2D eigenvalue weighted by atomic mass is 16.5. The van der Waals surface area contributed by atoms with Crippen molar-refractivity contribution in [3.8, 4) is 0 Å². The van der Waals surface area contributed by atoms with E-state index < -0.39 is 0 Å². The van der Waals surface area contributed by atoms with Crippen LogP contribution in [0.4, 0.5) is 0 Å². The molecule has 0 bridgehead atoms. The fraction of sp³-hybridized carbons (Fsp3) is 0.583. The largest absolute Gasteiger partial charge is 0.432 e. The molecule has 0 saturated carbocycles. The van der Waals surface area contributed by atoms with E-state index in [1.165, 1.54) is 12.3 Å². The fourth-order valence-electron chi connectivity index (χ4n) is 0.891. The molecule has 0 saturated heterocycles. The van der Waals surface area contributed by atoms with Gasteiger partial charge in [0.05, 0.1) is 6.26 Å². The van der Waals surface area contributed by atoms with Crippen LogP contribution >= 0.6 is 0 Å². The first-order chi connectivity index (χ1) is 6.81. The van der Waals surface area contributed by atoms with Crippen molar-refractivity contribution in [2.24, 2.45) is 0 Å². The van der Waals surface area contributed by atoms with Crippen LogP contribution in [0.1, 0.15) is 46.0 Å². The second kappa shape index (κ2) is 10.0. The lowest BCUT2D eigenvalue weighted by Crippen LogP contribution is -1.93. The van der Waals surface area contributed by atoms with E-state index in [4.69, 9.17) is 4.74 Å². The van der Waals surface area contributed by atoms with Crippen LogP contribution in [-0.4, -0.2) is 5.97 Å². The molecule has 0 radical (unpaired) electrons. The van der Waals surface area contributed by atoms with Gasteiger partial charge in [-0.2, -0.15) is 0 Å². The molecular weight excluding hydrogens is 176 g/mol. The number of carbonyl (C=O) groups is 1. The Morgan fingerprint density at radius 2 is 1.93 bits per heavy atom. The lowest BCUT2D eigenvalue weighted by Gasteiger charge is -1.92. The molecule has 0 N–H and O–H groups in total. The molecule has 0 aromatic heterocycles. The minimum atomic E-state index is -0.286. The fourth-order valence-corrected chi connectivity index (χ4v) is 0.891. The van der Waals surface area contributed by atoms with E-state index in [0.29, 0.717) is 0 Å². The molecule has 0 fully saturated rings. The Morgan fingerprint density at radius 1 is 1.14 bits per heavy atom. The minimum Gasteiger partial charge on any atom is -0.432 e. The van der Waals surface area contributed by atoms with Gasteiger partial charge in [-0.25, -0.2) is 4.79 Å². The zero-order chi connectivity index (χ0) is 10.6. The van der Waals surface area contributed by atoms with Gasteiger partial charge in [-0.15, -0.1) is 0 Å². The third kappa shape index (κ3) is 9.04. The van der Waals surface area contributed by atoms with Crippen LogP contribution in [0.15, 0.2) is 24.5 Å². The summed E-state index contributed by atoms with van der Waals surface area (Å²) >= 11 is 0. The molecule has 0 aliphatic carbocycles. The monoisotopic (exact) mass is 196 g/mol. The predicted octanol–water partition coefficient (Wildman–Crippen LogP) is 3.59. The standard InChI is InChI=1S/C12H20O2/c1-3-5-7-9-11-14-12(13)10-8-6-4-2/h8-11H,3-7H2,1-2H3/b10-8+,11-9?. The number of hydrogen-bond acceptors (Lipinski definition) is 2. The van der Waals surface area contributed by atoms with Crippen LogP contribution in [0.3, 0.4) is 0 Å². The summed E-state index contributed by atoms with van der Waals surface area (Å²) in [6.45, 7) is 4.20. The van der Waals surface area contributed by atoms with Crippen LogP contribution in [-0.2, 0) is 9.53 Å². The minimum absolute atomic E-state index is 0.286. The van der Waals surface area contributed by atoms with E-state index in [1.807, 2.05) is 12.2 Å². The Kier molecular flexibility index (Phi) is 9.28. The van der Waals surface area contributed by atoms with Gasteiger partial charge >= 0.3 is 5.97 Å². The van der Waals surface area contributed by atoms with E-state index in [9.17, 15) is 4.79 Å². The van der Waals surface area contributed by atoms with Gasteiger partial charge in [0, 0.05) is 6.08 Å². The molecule has 0 rings (SSSR count). The summed E-state index contributed by atoms with van der Waals surface area (Å²) in [4.78, 5) is 11.0. The van der Waals surface area contributed by atoms with E-state index in [0.717, 1.165) is 32.1 Å². The molecule has 0 aliphatic heterocycles. The maximum atomic E-state index is 11.0. The summed E-state index contributed by atoms with van der Waals surface area (Å²) in [5, 5.41) is 0. The molecule has 0 atom stereocenters. The summed E-state index contributed by atoms with van der Waals surface area (Å²) in [5.41, 5.74) is 0. The van der Waals surface area contributed by atoms with Gasteiger partial charge in [0.25, 0.3) is 0 Å².